The maximum atomic E-state index is 12.8. The summed E-state index contributed by atoms with van der Waals surface area (Å²) in [7, 11) is 0. The van der Waals surface area contributed by atoms with Gasteiger partial charge < -0.3 is 5.32 Å². The second kappa shape index (κ2) is 6.75. The van der Waals surface area contributed by atoms with E-state index in [0.717, 1.165) is 6.42 Å². The maximum absolute atomic E-state index is 12.8. The molecule has 3 unspecified atom stereocenters. The van der Waals surface area contributed by atoms with Crippen molar-refractivity contribution in [3.8, 4) is 0 Å². The molecule has 96 valence electrons. The molecule has 0 amide bonds. The van der Waals surface area contributed by atoms with Gasteiger partial charge in [-0.25, -0.2) is 4.39 Å². The first-order chi connectivity index (χ1) is 8.02. The fourth-order valence-electron chi connectivity index (χ4n) is 2.00. The molecule has 17 heavy (non-hydrogen) atoms. The van der Waals surface area contributed by atoms with Crippen LogP contribution in [-0.4, -0.2) is 12.1 Å². The van der Waals surface area contributed by atoms with E-state index in [1.54, 1.807) is 0 Å². The predicted molar refractivity (Wildman–Crippen MR) is 71.6 cm³/mol. The van der Waals surface area contributed by atoms with Crippen LogP contribution in [0.4, 0.5) is 4.39 Å². The Labute approximate surface area is 104 Å². The summed E-state index contributed by atoms with van der Waals surface area (Å²) in [5, 5.41) is 3.60. The van der Waals surface area contributed by atoms with Crippen LogP contribution >= 0.6 is 0 Å². The summed E-state index contributed by atoms with van der Waals surface area (Å²) < 4.78 is 12.8. The van der Waals surface area contributed by atoms with Gasteiger partial charge in [0.25, 0.3) is 0 Å². The van der Waals surface area contributed by atoms with Crippen molar-refractivity contribution >= 4 is 0 Å². The Morgan fingerprint density at radius 2 is 1.71 bits per heavy atom. The molecule has 0 saturated heterocycles. The average Bonchev–Trinajstić information content (AvgIpc) is 2.30. The molecular formula is C15H24FN. The van der Waals surface area contributed by atoms with Crippen LogP contribution in [0.3, 0.4) is 0 Å². The highest BCUT2D eigenvalue weighted by atomic mass is 19.1. The molecule has 1 rings (SSSR count). The van der Waals surface area contributed by atoms with Crippen molar-refractivity contribution < 1.29 is 4.39 Å². The van der Waals surface area contributed by atoms with Crippen LogP contribution in [0.1, 0.15) is 39.7 Å². The van der Waals surface area contributed by atoms with Crippen molar-refractivity contribution in [1.82, 2.24) is 5.32 Å². The van der Waals surface area contributed by atoms with Crippen molar-refractivity contribution in [3.63, 3.8) is 0 Å². The second-order valence-electron chi connectivity index (χ2n) is 5.07. The quantitative estimate of drug-likeness (QED) is 0.794. The van der Waals surface area contributed by atoms with Gasteiger partial charge in [0.2, 0.25) is 0 Å². The molecule has 0 radical (unpaired) electrons. The molecule has 1 aromatic carbocycles. The maximum Gasteiger partial charge on any atom is 0.123 e. The lowest BCUT2D eigenvalue weighted by atomic mass is 9.99. The average molecular weight is 237 g/mol. The van der Waals surface area contributed by atoms with Crippen LogP contribution < -0.4 is 5.32 Å². The van der Waals surface area contributed by atoms with Crippen molar-refractivity contribution in [2.24, 2.45) is 5.92 Å². The van der Waals surface area contributed by atoms with Crippen molar-refractivity contribution in [3.05, 3.63) is 35.6 Å². The summed E-state index contributed by atoms with van der Waals surface area (Å²) in [5.74, 6) is 0.521. The van der Waals surface area contributed by atoms with Crippen LogP contribution in [0.25, 0.3) is 0 Å². The second-order valence-corrected chi connectivity index (χ2v) is 5.07. The lowest BCUT2D eigenvalue weighted by Crippen LogP contribution is -2.39. The summed E-state index contributed by atoms with van der Waals surface area (Å²) in [5.41, 5.74) is 1.18. The van der Waals surface area contributed by atoms with Crippen LogP contribution in [0.15, 0.2) is 24.3 Å². The van der Waals surface area contributed by atoms with E-state index in [9.17, 15) is 4.39 Å². The van der Waals surface area contributed by atoms with E-state index in [2.05, 4.69) is 33.0 Å². The van der Waals surface area contributed by atoms with E-state index >= 15 is 0 Å². The van der Waals surface area contributed by atoms with Gasteiger partial charge in [0.05, 0.1) is 0 Å². The minimum absolute atomic E-state index is 0.165. The number of hydrogen-bond acceptors (Lipinski definition) is 1. The Balaban J connectivity index is 2.44. The van der Waals surface area contributed by atoms with Gasteiger partial charge in [0, 0.05) is 12.1 Å². The lowest BCUT2D eigenvalue weighted by molar-refractivity contribution is 0.355. The third kappa shape index (κ3) is 4.86. The Hall–Kier alpha value is -0.890. The van der Waals surface area contributed by atoms with E-state index in [1.807, 2.05) is 12.1 Å². The topological polar surface area (TPSA) is 12.0 Å². The molecule has 0 bridgehead atoms. The first-order valence-electron chi connectivity index (χ1n) is 6.53. The molecule has 0 fully saturated rings. The molecule has 0 aliphatic rings. The van der Waals surface area contributed by atoms with Gasteiger partial charge in [-0.1, -0.05) is 32.4 Å². The smallest absolute Gasteiger partial charge is 0.123 e. The fraction of sp³-hybridized carbons (Fsp3) is 0.600. The van der Waals surface area contributed by atoms with Crippen molar-refractivity contribution in [1.29, 1.82) is 0 Å². The molecule has 1 aromatic rings. The SMILES string of the molecule is CCC(C)C(C)NC(C)Cc1ccc(F)cc1. The normalized spacial score (nSPS) is 16.5. The molecule has 3 atom stereocenters. The zero-order valence-electron chi connectivity index (χ0n) is 11.3. The minimum Gasteiger partial charge on any atom is -0.311 e. The summed E-state index contributed by atoms with van der Waals surface area (Å²) in [6, 6.07) is 7.73. The van der Waals surface area contributed by atoms with Crippen LogP contribution in [0, 0.1) is 11.7 Å². The highest BCUT2D eigenvalue weighted by molar-refractivity contribution is 5.17. The minimum atomic E-state index is -0.165. The zero-order valence-corrected chi connectivity index (χ0v) is 11.3. The first-order valence-corrected chi connectivity index (χ1v) is 6.53. The zero-order chi connectivity index (χ0) is 12.8. The molecule has 1 N–H and O–H groups in total. The molecule has 0 spiro atoms. The molecular weight excluding hydrogens is 213 g/mol. The molecule has 2 heteroatoms. The number of benzene rings is 1. The predicted octanol–water partition coefficient (Wildman–Crippen LogP) is 3.78. The van der Waals surface area contributed by atoms with Crippen molar-refractivity contribution in [2.45, 2.75) is 52.6 Å². The number of halogens is 1. The number of rotatable bonds is 6. The highest BCUT2D eigenvalue weighted by Gasteiger charge is 2.13. The Bertz CT molecular complexity index is 320. The van der Waals surface area contributed by atoms with E-state index in [4.69, 9.17) is 0 Å². The molecule has 0 saturated carbocycles. The highest BCUT2D eigenvalue weighted by Crippen LogP contribution is 2.10. The largest absolute Gasteiger partial charge is 0.311 e. The van der Waals surface area contributed by atoms with Gasteiger partial charge in [-0.15, -0.1) is 0 Å². The van der Waals surface area contributed by atoms with Crippen LogP contribution in [0.2, 0.25) is 0 Å². The first kappa shape index (κ1) is 14.2. The Morgan fingerprint density at radius 1 is 1.12 bits per heavy atom. The van der Waals surface area contributed by atoms with Crippen LogP contribution in [-0.2, 0) is 6.42 Å². The van der Waals surface area contributed by atoms with Crippen LogP contribution in [0.5, 0.6) is 0 Å². The molecule has 0 aliphatic heterocycles. The summed E-state index contributed by atoms with van der Waals surface area (Å²) in [4.78, 5) is 0. The van der Waals surface area contributed by atoms with Gasteiger partial charge >= 0.3 is 0 Å². The van der Waals surface area contributed by atoms with E-state index in [0.29, 0.717) is 18.0 Å². The third-order valence-electron chi connectivity index (χ3n) is 3.50. The lowest BCUT2D eigenvalue weighted by Gasteiger charge is -2.24. The van der Waals surface area contributed by atoms with Gasteiger partial charge in [0.1, 0.15) is 5.82 Å². The molecule has 0 aliphatic carbocycles. The molecule has 1 nitrogen and oxygen atoms in total. The standard InChI is InChI=1S/C15H24FN/c1-5-11(2)13(4)17-12(3)10-14-6-8-15(16)9-7-14/h6-9,11-13,17H,5,10H2,1-4H3. The van der Waals surface area contributed by atoms with Gasteiger partial charge in [-0.3, -0.25) is 0 Å². The molecule has 0 heterocycles. The Kier molecular flexibility index (Phi) is 5.63. The van der Waals surface area contributed by atoms with Gasteiger partial charge in [-0.05, 0) is 43.9 Å². The van der Waals surface area contributed by atoms with E-state index in [-0.39, 0.29) is 5.82 Å². The molecule has 0 aromatic heterocycles. The number of hydrogen-bond donors (Lipinski definition) is 1. The summed E-state index contributed by atoms with van der Waals surface area (Å²) in [6.45, 7) is 8.90. The Morgan fingerprint density at radius 3 is 2.24 bits per heavy atom. The summed E-state index contributed by atoms with van der Waals surface area (Å²) in [6.07, 6.45) is 2.14. The summed E-state index contributed by atoms with van der Waals surface area (Å²) >= 11 is 0. The van der Waals surface area contributed by atoms with E-state index in [1.165, 1.54) is 24.1 Å². The van der Waals surface area contributed by atoms with Gasteiger partial charge in [-0.2, -0.15) is 0 Å². The third-order valence-corrected chi connectivity index (χ3v) is 3.50. The van der Waals surface area contributed by atoms with Gasteiger partial charge in [0.15, 0.2) is 0 Å². The van der Waals surface area contributed by atoms with Crippen molar-refractivity contribution in [2.75, 3.05) is 0 Å². The monoisotopic (exact) mass is 237 g/mol. The number of nitrogens with one attached hydrogen (secondary N) is 1. The van der Waals surface area contributed by atoms with E-state index < -0.39 is 0 Å². The fourth-order valence-corrected chi connectivity index (χ4v) is 2.00.